The van der Waals surface area contributed by atoms with Gasteiger partial charge in [-0.25, -0.2) is 4.79 Å². The van der Waals surface area contributed by atoms with E-state index in [2.05, 4.69) is 30.8 Å². The predicted molar refractivity (Wildman–Crippen MR) is 157 cm³/mol. The highest BCUT2D eigenvalue weighted by Crippen LogP contribution is 2.62. The van der Waals surface area contributed by atoms with Crippen LogP contribution in [0.25, 0.3) is 11.1 Å². The van der Waals surface area contributed by atoms with E-state index >= 15 is 0 Å². The molecule has 0 aromatic heterocycles. The van der Waals surface area contributed by atoms with Crippen molar-refractivity contribution in [2.24, 2.45) is 23.2 Å². The van der Waals surface area contributed by atoms with Crippen LogP contribution in [0.1, 0.15) is 84.6 Å². The molecule has 214 valence electrons. The third-order valence-corrected chi connectivity index (χ3v) is 9.23. The summed E-state index contributed by atoms with van der Waals surface area (Å²) in [5.74, 6) is 3.25. The first-order valence-electron chi connectivity index (χ1n) is 15.0. The van der Waals surface area contributed by atoms with Gasteiger partial charge in [0.25, 0.3) is 0 Å². The van der Waals surface area contributed by atoms with Gasteiger partial charge in [-0.2, -0.15) is 0 Å². The van der Waals surface area contributed by atoms with Crippen molar-refractivity contribution >= 4 is 11.9 Å². The van der Waals surface area contributed by atoms with Crippen LogP contribution < -0.4 is 9.47 Å². The third-order valence-electron chi connectivity index (χ3n) is 9.23. The van der Waals surface area contributed by atoms with Gasteiger partial charge in [0.2, 0.25) is 0 Å². The summed E-state index contributed by atoms with van der Waals surface area (Å²) in [7, 11) is 0. The maximum Gasteiger partial charge on any atom is 0.339 e. The molecule has 0 atom stereocenters. The Balaban J connectivity index is 1.39. The molecule has 0 spiro atoms. The normalized spacial score (nSPS) is 24.9. The van der Waals surface area contributed by atoms with Crippen LogP contribution in [-0.2, 0) is 19.7 Å². The second-order valence-corrected chi connectivity index (χ2v) is 13.3. The Kier molecular flexibility index (Phi) is 8.13. The first kappa shape index (κ1) is 28.4. The number of esters is 2. The SMILES string of the molecule is C=C(C(=O)Oc1ccc(-c2ccc(OCCCC(=O)OCC)cc2)c(C23CC4CC(CC(C4)C2)C3)c1)C(C)(C)C. The largest absolute Gasteiger partial charge is 0.494 e. The second kappa shape index (κ2) is 11.4. The summed E-state index contributed by atoms with van der Waals surface area (Å²) >= 11 is 0. The maximum atomic E-state index is 12.9. The molecule has 5 nitrogen and oxygen atoms in total. The Morgan fingerprint density at radius 3 is 2.10 bits per heavy atom. The topological polar surface area (TPSA) is 61.8 Å². The Bertz CT molecular complexity index is 1210. The van der Waals surface area contributed by atoms with E-state index in [1.165, 1.54) is 49.7 Å². The van der Waals surface area contributed by atoms with Crippen LogP contribution in [-0.4, -0.2) is 25.2 Å². The first-order valence-corrected chi connectivity index (χ1v) is 15.0. The molecule has 0 amide bonds. The molecule has 5 heteroatoms. The van der Waals surface area contributed by atoms with Crippen LogP contribution in [0.2, 0.25) is 0 Å². The van der Waals surface area contributed by atoms with E-state index in [0.717, 1.165) is 29.1 Å². The van der Waals surface area contributed by atoms with Crippen molar-refractivity contribution in [1.29, 1.82) is 0 Å². The van der Waals surface area contributed by atoms with E-state index in [0.29, 0.717) is 37.4 Å². The summed E-state index contributed by atoms with van der Waals surface area (Å²) < 4.78 is 16.8. The lowest BCUT2D eigenvalue weighted by Crippen LogP contribution is -2.48. The molecule has 2 aromatic rings. The van der Waals surface area contributed by atoms with E-state index in [-0.39, 0.29) is 22.8 Å². The predicted octanol–water partition coefficient (Wildman–Crippen LogP) is 8.05. The molecular formula is C35H44O5. The van der Waals surface area contributed by atoms with Crippen LogP contribution in [0.3, 0.4) is 0 Å². The Hall–Kier alpha value is -3.08. The molecule has 0 radical (unpaired) electrons. The molecule has 4 fully saturated rings. The van der Waals surface area contributed by atoms with Gasteiger partial charge in [-0.1, -0.05) is 45.5 Å². The van der Waals surface area contributed by atoms with Gasteiger partial charge in [0.15, 0.2) is 0 Å². The quantitative estimate of drug-likeness (QED) is 0.131. The summed E-state index contributed by atoms with van der Waals surface area (Å²) in [5, 5.41) is 0. The van der Waals surface area contributed by atoms with Gasteiger partial charge in [0, 0.05) is 12.0 Å². The van der Waals surface area contributed by atoms with Gasteiger partial charge in [-0.15, -0.1) is 0 Å². The summed E-state index contributed by atoms with van der Waals surface area (Å²) in [4.78, 5) is 24.5. The molecule has 4 aliphatic carbocycles. The van der Waals surface area contributed by atoms with Gasteiger partial charge in [-0.05, 0) is 121 Å². The number of ether oxygens (including phenoxy) is 3. The Morgan fingerprint density at radius 1 is 0.925 bits per heavy atom. The average molecular weight is 545 g/mol. The highest BCUT2D eigenvalue weighted by molar-refractivity contribution is 5.91. The molecule has 2 aromatic carbocycles. The minimum Gasteiger partial charge on any atom is -0.494 e. The molecule has 0 heterocycles. The minimum absolute atomic E-state index is 0.135. The van der Waals surface area contributed by atoms with E-state index in [9.17, 15) is 9.59 Å². The van der Waals surface area contributed by atoms with Crippen LogP contribution in [0, 0.1) is 23.2 Å². The van der Waals surface area contributed by atoms with Crippen molar-refractivity contribution in [3.05, 3.63) is 60.2 Å². The molecule has 0 N–H and O–H groups in total. The fraction of sp³-hybridized carbons (Fsp3) is 0.543. The van der Waals surface area contributed by atoms with Crippen molar-refractivity contribution < 1.29 is 23.8 Å². The smallest absolute Gasteiger partial charge is 0.339 e. The highest BCUT2D eigenvalue weighted by atomic mass is 16.5. The molecule has 4 saturated carbocycles. The summed E-state index contributed by atoms with van der Waals surface area (Å²) in [5.41, 5.74) is 3.94. The van der Waals surface area contributed by atoms with Crippen molar-refractivity contribution in [1.82, 2.24) is 0 Å². The zero-order chi connectivity index (χ0) is 28.5. The van der Waals surface area contributed by atoms with Crippen LogP contribution in [0.15, 0.2) is 54.6 Å². The maximum absolute atomic E-state index is 12.9. The van der Waals surface area contributed by atoms with Gasteiger partial charge < -0.3 is 14.2 Å². The molecular weight excluding hydrogens is 500 g/mol. The number of benzene rings is 2. The molecule has 0 saturated heterocycles. The van der Waals surface area contributed by atoms with Gasteiger partial charge >= 0.3 is 11.9 Å². The molecule has 4 aliphatic rings. The van der Waals surface area contributed by atoms with Crippen LogP contribution in [0.4, 0.5) is 0 Å². The fourth-order valence-electron chi connectivity index (χ4n) is 7.56. The van der Waals surface area contributed by atoms with Crippen molar-refractivity contribution in [3.8, 4) is 22.6 Å². The van der Waals surface area contributed by atoms with Crippen LogP contribution in [0.5, 0.6) is 11.5 Å². The second-order valence-electron chi connectivity index (χ2n) is 13.3. The number of carbonyl (C=O) groups excluding carboxylic acids is 2. The molecule has 40 heavy (non-hydrogen) atoms. The average Bonchev–Trinajstić information content (AvgIpc) is 2.90. The number of carbonyl (C=O) groups is 2. The molecule has 4 bridgehead atoms. The monoisotopic (exact) mass is 544 g/mol. The standard InChI is InChI=1S/C35H44O5/c1-6-38-32(36)8-7-15-39-28-11-9-27(10-12-28)30-14-13-29(40-33(37)23(2)34(3,4)5)19-31(30)35-20-24-16-25(21-35)18-26(17-24)22-35/h9-14,19,24-26H,2,6-8,15-18,20-22H2,1,3-5H3. The zero-order valence-corrected chi connectivity index (χ0v) is 24.6. The molecule has 0 unspecified atom stereocenters. The summed E-state index contributed by atoms with van der Waals surface area (Å²) in [6.07, 6.45) is 8.77. The van der Waals surface area contributed by atoms with Crippen molar-refractivity contribution in [2.75, 3.05) is 13.2 Å². The minimum atomic E-state index is -0.360. The lowest BCUT2D eigenvalue weighted by molar-refractivity contribution is -0.143. The van der Waals surface area contributed by atoms with Crippen molar-refractivity contribution in [3.63, 3.8) is 0 Å². The van der Waals surface area contributed by atoms with Crippen LogP contribution >= 0.6 is 0 Å². The zero-order valence-electron chi connectivity index (χ0n) is 24.6. The van der Waals surface area contributed by atoms with E-state index in [1.807, 2.05) is 45.9 Å². The lowest BCUT2D eigenvalue weighted by atomic mass is 9.47. The van der Waals surface area contributed by atoms with Crippen molar-refractivity contribution in [2.45, 2.75) is 84.5 Å². The molecule has 0 aliphatic heterocycles. The van der Waals surface area contributed by atoms with E-state index in [4.69, 9.17) is 14.2 Å². The van der Waals surface area contributed by atoms with Gasteiger partial charge in [0.05, 0.1) is 13.2 Å². The van der Waals surface area contributed by atoms with Gasteiger partial charge in [0.1, 0.15) is 11.5 Å². The van der Waals surface area contributed by atoms with E-state index in [1.54, 1.807) is 0 Å². The Labute approximate surface area is 239 Å². The summed E-state index contributed by atoms with van der Waals surface area (Å²) in [6.45, 7) is 12.6. The Morgan fingerprint density at radius 2 is 1.52 bits per heavy atom. The summed E-state index contributed by atoms with van der Waals surface area (Å²) in [6, 6.07) is 14.4. The fourth-order valence-corrected chi connectivity index (χ4v) is 7.56. The lowest BCUT2D eigenvalue weighted by Gasteiger charge is -2.57. The number of rotatable bonds is 10. The third kappa shape index (κ3) is 6.14. The highest BCUT2D eigenvalue weighted by Gasteiger charge is 2.52. The number of hydrogen-bond donors (Lipinski definition) is 0. The number of hydrogen-bond acceptors (Lipinski definition) is 5. The first-order chi connectivity index (χ1) is 19.1. The van der Waals surface area contributed by atoms with E-state index < -0.39 is 0 Å². The molecule has 6 rings (SSSR count). The van der Waals surface area contributed by atoms with Gasteiger partial charge in [-0.3, -0.25) is 4.79 Å².